The fourth-order valence-electron chi connectivity index (χ4n) is 1.73. The van der Waals surface area contributed by atoms with Gasteiger partial charge in [0, 0.05) is 18.6 Å². The highest BCUT2D eigenvalue weighted by Crippen LogP contribution is 2.19. The Labute approximate surface area is 112 Å². The predicted octanol–water partition coefficient (Wildman–Crippen LogP) is 2.86. The van der Waals surface area contributed by atoms with E-state index >= 15 is 0 Å². The Balaban J connectivity index is 2.16. The van der Waals surface area contributed by atoms with E-state index in [0.717, 1.165) is 16.4 Å². The van der Waals surface area contributed by atoms with Gasteiger partial charge in [-0.25, -0.2) is 4.98 Å². The number of halogens is 1. The van der Waals surface area contributed by atoms with Crippen LogP contribution < -0.4 is 4.90 Å². The summed E-state index contributed by atoms with van der Waals surface area (Å²) < 4.78 is 0. The van der Waals surface area contributed by atoms with E-state index in [9.17, 15) is 0 Å². The third-order valence-electron chi connectivity index (χ3n) is 2.71. The summed E-state index contributed by atoms with van der Waals surface area (Å²) in [5.41, 5.74) is 1.72. The summed E-state index contributed by atoms with van der Waals surface area (Å²) >= 11 is 6.13. The highest BCUT2D eigenvalue weighted by atomic mass is 35.5. The van der Waals surface area contributed by atoms with Crippen molar-refractivity contribution in [1.29, 1.82) is 0 Å². The largest absolute Gasteiger partial charge is 0.390 e. The molecule has 0 atom stereocenters. The van der Waals surface area contributed by atoms with E-state index in [4.69, 9.17) is 16.7 Å². The number of nitrogens with zero attached hydrogens (tertiary/aromatic N) is 2. The van der Waals surface area contributed by atoms with Crippen molar-refractivity contribution in [1.82, 2.24) is 4.98 Å². The molecule has 3 nitrogen and oxygen atoms in total. The molecule has 4 heteroatoms. The van der Waals surface area contributed by atoms with Crippen LogP contribution in [-0.2, 0) is 13.2 Å². The van der Waals surface area contributed by atoms with Gasteiger partial charge in [0.1, 0.15) is 5.82 Å². The molecule has 0 unspecified atom stereocenters. The quantitative estimate of drug-likeness (QED) is 0.921. The molecule has 1 aromatic heterocycles. The molecule has 0 amide bonds. The zero-order chi connectivity index (χ0) is 13.0. The topological polar surface area (TPSA) is 36.4 Å². The highest BCUT2D eigenvalue weighted by molar-refractivity contribution is 6.31. The van der Waals surface area contributed by atoms with Gasteiger partial charge < -0.3 is 10.0 Å². The number of anilines is 1. The van der Waals surface area contributed by atoms with Crippen molar-refractivity contribution in [2.75, 3.05) is 11.9 Å². The van der Waals surface area contributed by atoms with Gasteiger partial charge in [0.25, 0.3) is 0 Å². The Kier molecular flexibility index (Phi) is 4.18. The summed E-state index contributed by atoms with van der Waals surface area (Å²) in [4.78, 5) is 6.35. The first-order valence-electron chi connectivity index (χ1n) is 5.72. The average Bonchev–Trinajstić information content (AvgIpc) is 2.41. The first kappa shape index (κ1) is 12.9. The van der Waals surface area contributed by atoms with Crippen LogP contribution in [0.1, 0.15) is 11.3 Å². The molecule has 0 bridgehead atoms. The molecule has 1 aromatic carbocycles. The smallest absolute Gasteiger partial charge is 0.128 e. The Morgan fingerprint density at radius 1 is 1.17 bits per heavy atom. The highest BCUT2D eigenvalue weighted by Gasteiger charge is 2.06. The zero-order valence-electron chi connectivity index (χ0n) is 10.2. The predicted molar refractivity (Wildman–Crippen MR) is 73.7 cm³/mol. The van der Waals surface area contributed by atoms with E-state index in [1.54, 1.807) is 6.07 Å². The first-order valence-corrected chi connectivity index (χ1v) is 6.10. The molecule has 18 heavy (non-hydrogen) atoms. The standard InChI is InChI=1S/C14H15ClN2O/c1-17(9-11-5-2-3-7-13(11)15)14-8-4-6-12(10-18)16-14/h2-8,18H,9-10H2,1H3. The van der Waals surface area contributed by atoms with Gasteiger partial charge in [-0.1, -0.05) is 35.9 Å². The van der Waals surface area contributed by atoms with Crippen molar-refractivity contribution in [3.8, 4) is 0 Å². The van der Waals surface area contributed by atoms with Crippen LogP contribution in [0.15, 0.2) is 42.5 Å². The minimum atomic E-state index is -0.0478. The molecular weight excluding hydrogens is 248 g/mol. The van der Waals surface area contributed by atoms with Crippen LogP contribution >= 0.6 is 11.6 Å². The second-order valence-corrected chi connectivity index (χ2v) is 4.50. The van der Waals surface area contributed by atoms with Crippen molar-refractivity contribution < 1.29 is 5.11 Å². The van der Waals surface area contributed by atoms with Crippen LogP contribution in [0, 0.1) is 0 Å². The minimum absolute atomic E-state index is 0.0478. The average molecular weight is 263 g/mol. The number of pyridine rings is 1. The Bertz CT molecular complexity index is 531. The summed E-state index contributed by atoms with van der Waals surface area (Å²) in [6.07, 6.45) is 0. The fourth-order valence-corrected chi connectivity index (χ4v) is 1.93. The SMILES string of the molecule is CN(Cc1ccccc1Cl)c1cccc(CO)n1. The lowest BCUT2D eigenvalue weighted by atomic mass is 10.2. The van der Waals surface area contributed by atoms with E-state index in [-0.39, 0.29) is 6.61 Å². The van der Waals surface area contributed by atoms with Crippen LogP contribution in [-0.4, -0.2) is 17.1 Å². The molecule has 0 saturated carbocycles. The van der Waals surface area contributed by atoms with Crippen LogP contribution in [0.2, 0.25) is 5.02 Å². The number of rotatable bonds is 4. The normalized spacial score (nSPS) is 10.4. The molecule has 0 spiro atoms. The maximum Gasteiger partial charge on any atom is 0.128 e. The minimum Gasteiger partial charge on any atom is -0.390 e. The van der Waals surface area contributed by atoms with Crippen molar-refractivity contribution >= 4 is 17.4 Å². The van der Waals surface area contributed by atoms with Gasteiger partial charge in [0.2, 0.25) is 0 Å². The molecule has 0 saturated heterocycles. The fraction of sp³-hybridized carbons (Fsp3) is 0.214. The molecule has 1 N–H and O–H groups in total. The molecular formula is C14H15ClN2O. The number of aliphatic hydroxyl groups excluding tert-OH is 1. The summed E-state index contributed by atoms with van der Waals surface area (Å²) in [5, 5.41) is 9.83. The number of benzene rings is 1. The molecule has 2 aromatic rings. The lowest BCUT2D eigenvalue weighted by Gasteiger charge is -2.19. The molecule has 0 radical (unpaired) electrons. The van der Waals surface area contributed by atoms with Gasteiger partial charge in [-0.15, -0.1) is 0 Å². The lowest BCUT2D eigenvalue weighted by Crippen LogP contribution is -2.18. The Morgan fingerprint density at radius 2 is 1.94 bits per heavy atom. The third-order valence-corrected chi connectivity index (χ3v) is 3.08. The number of aliphatic hydroxyl groups is 1. The summed E-state index contributed by atoms with van der Waals surface area (Å²) in [6.45, 7) is 0.634. The van der Waals surface area contributed by atoms with Crippen molar-refractivity contribution in [3.63, 3.8) is 0 Å². The van der Waals surface area contributed by atoms with Gasteiger partial charge in [0.05, 0.1) is 12.3 Å². The van der Waals surface area contributed by atoms with E-state index in [0.29, 0.717) is 12.2 Å². The van der Waals surface area contributed by atoms with Gasteiger partial charge >= 0.3 is 0 Å². The third kappa shape index (κ3) is 3.00. The number of hydrogen-bond acceptors (Lipinski definition) is 3. The maximum atomic E-state index is 9.08. The molecule has 0 aliphatic rings. The van der Waals surface area contributed by atoms with E-state index in [2.05, 4.69) is 4.98 Å². The van der Waals surface area contributed by atoms with E-state index < -0.39 is 0 Å². The number of hydrogen-bond donors (Lipinski definition) is 1. The van der Waals surface area contributed by atoms with E-state index in [1.165, 1.54) is 0 Å². The van der Waals surface area contributed by atoms with Gasteiger partial charge in [-0.05, 0) is 23.8 Å². The molecule has 0 aliphatic carbocycles. The van der Waals surface area contributed by atoms with Crippen molar-refractivity contribution in [2.24, 2.45) is 0 Å². The van der Waals surface area contributed by atoms with E-state index in [1.807, 2.05) is 48.3 Å². The van der Waals surface area contributed by atoms with Crippen molar-refractivity contribution in [2.45, 2.75) is 13.2 Å². The van der Waals surface area contributed by atoms with Gasteiger partial charge in [-0.3, -0.25) is 0 Å². The lowest BCUT2D eigenvalue weighted by molar-refractivity contribution is 0.277. The summed E-state index contributed by atoms with van der Waals surface area (Å²) in [5.74, 6) is 0.821. The van der Waals surface area contributed by atoms with Crippen LogP contribution in [0.25, 0.3) is 0 Å². The van der Waals surface area contributed by atoms with Gasteiger partial charge in [-0.2, -0.15) is 0 Å². The molecule has 0 fully saturated rings. The molecule has 0 aliphatic heterocycles. The van der Waals surface area contributed by atoms with Crippen LogP contribution in [0.5, 0.6) is 0 Å². The summed E-state index contributed by atoms with van der Waals surface area (Å²) in [6, 6.07) is 13.3. The molecule has 2 rings (SSSR count). The Hall–Kier alpha value is -1.58. The maximum absolute atomic E-state index is 9.08. The van der Waals surface area contributed by atoms with Crippen LogP contribution in [0.4, 0.5) is 5.82 Å². The number of aromatic nitrogens is 1. The van der Waals surface area contributed by atoms with Crippen LogP contribution in [0.3, 0.4) is 0 Å². The van der Waals surface area contributed by atoms with Gasteiger partial charge in [0.15, 0.2) is 0 Å². The second-order valence-electron chi connectivity index (χ2n) is 4.09. The Morgan fingerprint density at radius 3 is 2.67 bits per heavy atom. The van der Waals surface area contributed by atoms with Crippen molar-refractivity contribution in [3.05, 3.63) is 58.7 Å². The monoisotopic (exact) mass is 262 g/mol. The first-order chi connectivity index (χ1) is 8.70. The molecule has 94 valence electrons. The second kappa shape index (κ2) is 5.85. The molecule has 1 heterocycles. The summed E-state index contributed by atoms with van der Waals surface area (Å²) in [7, 11) is 1.95. The zero-order valence-corrected chi connectivity index (χ0v) is 10.9.